The zero-order valence-electron chi connectivity index (χ0n) is 12.7. The van der Waals surface area contributed by atoms with Crippen LogP contribution in [0.3, 0.4) is 0 Å². The Balaban J connectivity index is 1.77. The van der Waals surface area contributed by atoms with E-state index in [-0.39, 0.29) is 13.2 Å². The Labute approximate surface area is 147 Å². The number of hydrogen-bond acceptors (Lipinski definition) is 4. The number of rotatable bonds is 5. The van der Waals surface area contributed by atoms with E-state index in [1.165, 1.54) is 4.90 Å². The maximum absolute atomic E-state index is 12.6. The van der Waals surface area contributed by atoms with E-state index in [1.807, 2.05) is 30.3 Å². The molecular formula is C17H15BrN4O2. The molecule has 0 unspecified atom stereocenters. The van der Waals surface area contributed by atoms with Crippen LogP contribution in [0.1, 0.15) is 11.4 Å². The molecule has 0 atom stereocenters. The number of carbonyl (C=O) groups is 1. The highest BCUT2D eigenvalue weighted by Gasteiger charge is 2.19. The van der Waals surface area contributed by atoms with Gasteiger partial charge in [0.2, 0.25) is 0 Å². The van der Waals surface area contributed by atoms with Crippen LogP contribution < -0.4 is 4.90 Å². The summed E-state index contributed by atoms with van der Waals surface area (Å²) in [5, 5.41) is 0. The summed E-state index contributed by atoms with van der Waals surface area (Å²) >= 11 is 3.37. The quantitative estimate of drug-likeness (QED) is 0.721. The molecule has 1 N–H and O–H groups in total. The summed E-state index contributed by atoms with van der Waals surface area (Å²) in [6.45, 7) is 0.467. The van der Waals surface area contributed by atoms with Crippen LogP contribution >= 0.6 is 15.9 Å². The number of halogens is 1. The molecule has 7 heteroatoms. The van der Waals surface area contributed by atoms with Gasteiger partial charge in [0.05, 0.1) is 18.4 Å². The van der Waals surface area contributed by atoms with Gasteiger partial charge in [0.1, 0.15) is 12.4 Å². The molecular weight excluding hydrogens is 372 g/mol. The molecule has 24 heavy (non-hydrogen) atoms. The van der Waals surface area contributed by atoms with Gasteiger partial charge in [0.25, 0.3) is 0 Å². The molecule has 0 bridgehead atoms. The zero-order chi connectivity index (χ0) is 16.8. The number of H-pyrrole nitrogens is 1. The van der Waals surface area contributed by atoms with Crippen LogP contribution in [0, 0.1) is 0 Å². The summed E-state index contributed by atoms with van der Waals surface area (Å²) in [6, 6.07) is 11.3. The fourth-order valence-electron chi connectivity index (χ4n) is 2.14. The number of carbonyl (C=O) groups excluding carboxylic acids is 1. The second kappa shape index (κ2) is 7.74. The molecule has 6 nitrogen and oxygen atoms in total. The number of hydrogen-bond donors (Lipinski definition) is 1. The number of nitrogens with one attached hydrogen (secondary N) is 1. The fourth-order valence-corrected chi connectivity index (χ4v) is 2.49. The summed E-state index contributed by atoms with van der Waals surface area (Å²) in [7, 11) is 0. The van der Waals surface area contributed by atoms with Gasteiger partial charge in [-0.1, -0.05) is 30.3 Å². The minimum Gasteiger partial charge on any atom is -0.444 e. The third-order valence-corrected chi connectivity index (χ3v) is 3.72. The van der Waals surface area contributed by atoms with Crippen LogP contribution in [-0.4, -0.2) is 21.0 Å². The topological polar surface area (TPSA) is 71.1 Å². The SMILES string of the molecule is O=C(OCc1ccccc1)N(Cc1ncc[nH]1)c1cncc(Br)c1. The van der Waals surface area contributed by atoms with E-state index in [0.717, 1.165) is 10.0 Å². The van der Waals surface area contributed by atoms with Crippen LogP contribution in [-0.2, 0) is 17.9 Å². The molecule has 0 aliphatic heterocycles. The van der Waals surface area contributed by atoms with Gasteiger partial charge in [-0.05, 0) is 27.6 Å². The molecule has 0 saturated heterocycles. The standard InChI is InChI=1S/C17H15BrN4O2/c18-14-8-15(10-19-9-14)22(11-16-20-6-7-21-16)17(23)24-12-13-4-2-1-3-5-13/h1-10H,11-12H2,(H,20,21). The van der Waals surface area contributed by atoms with Crippen LogP contribution in [0.15, 0.2) is 65.7 Å². The molecule has 0 spiro atoms. The van der Waals surface area contributed by atoms with E-state index in [9.17, 15) is 4.79 Å². The Hall–Kier alpha value is -2.67. The third-order valence-electron chi connectivity index (χ3n) is 3.29. The Kier molecular flexibility index (Phi) is 5.22. The lowest BCUT2D eigenvalue weighted by Crippen LogP contribution is -2.31. The molecule has 0 aliphatic carbocycles. The second-order valence-electron chi connectivity index (χ2n) is 5.02. The summed E-state index contributed by atoms with van der Waals surface area (Å²) < 4.78 is 6.21. The van der Waals surface area contributed by atoms with E-state index in [2.05, 4.69) is 30.9 Å². The monoisotopic (exact) mass is 386 g/mol. The number of anilines is 1. The number of aromatic nitrogens is 3. The zero-order valence-corrected chi connectivity index (χ0v) is 14.3. The van der Waals surface area contributed by atoms with Crippen molar-refractivity contribution >= 4 is 27.7 Å². The highest BCUT2D eigenvalue weighted by Crippen LogP contribution is 2.21. The van der Waals surface area contributed by atoms with Crippen molar-refractivity contribution in [1.29, 1.82) is 0 Å². The average molecular weight is 387 g/mol. The van der Waals surface area contributed by atoms with Crippen LogP contribution in [0.2, 0.25) is 0 Å². The van der Waals surface area contributed by atoms with Crippen molar-refractivity contribution in [2.45, 2.75) is 13.2 Å². The summed E-state index contributed by atoms with van der Waals surface area (Å²) in [5.41, 5.74) is 1.55. The smallest absolute Gasteiger partial charge is 0.415 e. The summed E-state index contributed by atoms with van der Waals surface area (Å²) in [4.78, 5) is 25.3. The summed E-state index contributed by atoms with van der Waals surface area (Å²) in [5.74, 6) is 0.659. The highest BCUT2D eigenvalue weighted by molar-refractivity contribution is 9.10. The molecule has 2 aromatic heterocycles. The van der Waals surface area contributed by atoms with Crippen molar-refractivity contribution in [3.63, 3.8) is 0 Å². The van der Waals surface area contributed by atoms with E-state index >= 15 is 0 Å². The van der Waals surface area contributed by atoms with Crippen molar-refractivity contribution in [2.75, 3.05) is 4.90 Å². The van der Waals surface area contributed by atoms with E-state index in [1.54, 1.807) is 30.9 Å². The second-order valence-corrected chi connectivity index (χ2v) is 5.94. The first kappa shape index (κ1) is 16.2. The highest BCUT2D eigenvalue weighted by atomic mass is 79.9. The lowest BCUT2D eigenvalue weighted by atomic mass is 10.2. The number of pyridine rings is 1. The van der Waals surface area contributed by atoms with Gasteiger partial charge >= 0.3 is 6.09 Å². The maximum atomic E-state index is 12.6. The van der Waals surface area contributed by atoms with Gasteiger partial charge < -0.3 is 9.72 Å². The Morgan fingerprint density at radius 1 is 1.25 bits per heavy atom. The molecule has 1 aromatic carbocycles. The van der Waals surface area contributed by atoms with Crippen molar-refractivity contribution in [3.05, 3.63) is 77.0 Å². The van der Waals surface area contributed by atoms with Crippen molar-refractivity contribution in [1.82, 2.24) is 15.0 Å². The number of nitrogens with zero attached hydrogens (tertiary/aromatic N) is 3. The van der Waals surface area contributed by atoms with E-state index < -0.39 is 6.09 Å². The molecule has 0 aliphatic rings. The van der Waals surface area contributed by atoms with Gasteiger partial charge in [-0.2, -0.15) is 0 Å². The van der Waals surface area contributed by atoms with Gasteiger partial charge in [-0.25, -0.2) is 9.78 Å². The number of ether oxygens (including phenoxy) is 1. The van der Waals surface area contributed by atoms with Gasteiger partial charge in [0, 0.05) is 23.1 Å². The van der Waals surface area contributed by atoms with Crippen molar-refractivity contribution < 1.29 is 9.53 Å². The molecule has 1 amide bonds. The fraction of sp³-hybridized carbons (Fsp3) is 0.118. The third kappa shape index (κ3) is 4.20. The molecule has 0 radical (unpaired) electrons. The Bertz CT molecular complexity index is 793. The van der Waals surface area contributed by atoms with Gasteiger partial charge in [-0.3, -0.25) is 9.88 Å². The van der Waals surface area contributed by atoms with Crippen molar-refractivity contribution in [2.24, 2.45) is 0 Å². The van der Waals surface area contributed by atoms with Gasteiger partial charge in [-0.15, -0.1) is 0 Å². The molecule has 3 rings (SSSR count). The first-order valence-electron chi connectivity index (χ1n) is 7.29. The number of benzene rings is 1. The molecule has 0 saturated carbocycles. The maximum Gasteiger partial charge on any atom is 0.415 e. The number of amides is 1. The Morgan fingerprint density at radius 2 is 2.08 bits per heavy atom. The predicted octanol–water partition coefficient (Wildman–Crippen LogP) is 3.91. The Morgan fingerprint density at radius 3 is 2.79 bits per heavy atom. The minimum absolute atomic E-state index is 0.204. The van der Waals surface area contributed by atoms with E-state index in [4.69, 9.17) is 4.74 Å². The average Bonchev–Trinajstić information content (AvgIpc) is 3.12. The van der Waals surface area contributed by atoms with Crippen LogP contribution in [0.4, 0.5) is 10.5 Å². The first-order valence-corrected chi connectivity index (χ1v) is 8.09. The summed E-state index contributed by atoms with van der Waals surface area (Å²) in [6.07, 6.45) is 6.15. The van der Waals surface area contributed by atoms with Gasteiger partial charge in [0.15, 0.2) is 0 Å². The number of imidazole rings is 1. The predicted molar refractivity (Wildman–Crippen MR) is 93.3 cm³/mol. The molecule has 2 heterocycles. The van der Waals surface area contributed by atoms with E-state index in [0.29, 0.717) is 11.5 Å². The normalized spacial score (nSPS) is 10.4. The largest absolute Gasteiger partial charge is 0.444 e. The van der Waals surface area contributed by atoms with Crippen LogP contribution in [0.25, 0.3) is 0 Å². The minimum atomic E-state index is -0.463. The first-order chi connectivity index (χ1) is 11.7. The lowest BCUT2D eigenvalue weighted by molar-refractivity contribution is 0.146. The lowest BCUT2D eigenvalue weighted by Gasteiger charge is -2.21. The van der Waals surface area contributed by atoms with Crippen molar-refractivity contribution in [3.8, 4) is 0 Å². The molecule has 3 aromatic rings. The molecule has 0 fully saturated rings. The number of aromatic amines is 1. The van der Waals surface area contributed by atoms with Crippen LogP contribution in [0.5, 0.6) is 0 Å². The molecule has 122 valence electrons.